The molecule has 1 aromatic rings. The molecule has 1 aliphatic rings. The highest BCUT2D eigenvalue weighted by Gasteiger charge is 2.25. The van der Waals surface area contributed by atoms with Gasteiger partial charge < -0.3 is 10.3 Å². The van der Waals surface area contributed by atoms with Gasteiger partial charge in [0.15, 0.2) is 5.82 Å². The summed E-state index contributed by atoms with van der Waals surface area (Å²) in [4.78, 5) is 6.77. The summed E-state index contributed by atoms with van der Waals surface area (Å²) in [6.07, 6.45) is 2.53. The van der Waals surface area contributed by atoms with Crippen molar-refractivity contribution in [1.82, 2.24) is 15.0 Å². The van der Waals surface area contributed by atoms with Crippen LogP contribution in [0.5, 0.6) is 0 Å². The molecule has 2 N–H and O–H groups in total. The second kappa shape index (κ2) is 6.87. The van der Waals surface area contributed by atoms with E-state index in [4.69, 9.17) is 10.3 Å². The predicted molar refractivity (Wildman–Crippen MR) is 81.6 cm³/mol. The molecule has 2 heterocycles. The van der Waals surface area contributed by atoms with Crippen LogP contribution in [0.25, 0.3) is 0 Å². The molecule has 0 radical (unpaired) electrons. The van der Waals surface area contributed by atoms with E-state index in [0.29, 0.717) is 11.7 Å². The first-order valence-electron chi connectivity index (χ1n) is 7.20. The molecule has 1 aromatic heterocycles. The quantitative estimate of drug-likeness (QED) is 0.925. The third-order valence-electron chi connectivity index (χ3n) is 3.98. The average Bonchev–Trinajstić information content (AvgIpc) is 2.78. The summed E-state index contributed by atoms with van der Waals surface area (Å²) in [5.74, 6) is 2.91. The molecule has 20 heavy (non-hydrogen) atoms. The fourth-order valence-corrected chi connectivity index (χ4v) is 2.55. The van der Waals surface area contributed by atoms with E-state index in [2.05, 4.69) is 28.9 Å². The monoisotopic (exact) mass is 302 g/mol. The second-order valence-electron chi connectivity index (χ2n) is 6.59. The molecular weight excluding hydrogens is 276 g/mol. The summed E-state index contributed by atoms with van der Waals surface area (Å²) in [6, 6.07) is 0. The zero-order valence-electron chi connectivity index (χ0n) is 12.9. The lowest BCUT2D eigenvalue weighted by atomic mass is 9.87. The Balaban J connectivity index is 0.00000200. The summed E-state index contributed by atoms with van der Waals surface area (Å²) >= 11 is 0. The standard InChI is InChI=1S/C14H26N4O.ClH/c1-10(2)11-5-7-18(8-6-11)9-12-16-13(17-19-12)14(3,4)15;/h10-11H,5-9,15H2,1-4H3;1H. The van der Waals surface area contributed by atoms with E-state index in [9.17, 15) is 0 Å². The van der Waals surface area contributed by atoms with Gasteiger partial charge in [-0.2, -0.15) is 4.98 Å². The minimum absolute atomic E-state index is 0. The van der Waals surface area contributed by atoms with Gasteiger partial charge in [-0.1, -0.05) is 19.0 Å². The SMILES string of the molecule is CC(C)C1CCN(Cc2nc(C(C)(C)N)no2)CC1.Cl. The molecule has 0 atom stereocenters. The third kappa shape index (κ3) is 4.43. The molecule has 0 bridgehead atoms. The van der Waals surface area contributed by atoms with Gasteiger partial charge in [0, 0.05) is 0 Å². The number of nitrogens with two attached hydrogens (primary N) is 1. The number of hydrogen-bond acceptors (Lipinski definition) is 5. The molecular formula is C14H27ClN4O. The van der Waals surface area contributed by atoms with Crippen LogP contribution in [0.15, 0.2) is 4.52 Å². The minimum Gasteiger partial charge on any atom is -0.338 e. The van der Waals surface area contributed by atoms with E-state index in [1.165, 1.54) is 12.8 Å². The van der Waals surface area contributed by atoms with E-state index in [1.807, 2.05) is 13.8 Å². The lowest BCUT2D eigenvalue weighted by molar-refractivity contribution is 0.138. The molecule has 0 aromatic carbocycles. The van der Waals surface area contributed by atoms with Crippen molar-refractivity contribution in [2.45, 2.75) is 52.6 Å². The van der Waals surface area contributed by atoms with Crippen molar-refractivity contribution in [1.29, 1.82) is 0 Å². The van der Waals surface area contributed by atoms with Crippen molar-refractivity contribution in [3.63, 3.8) is 0 Å². The van der Waals surface area contributed by atoms with Crippen molar-refractivity contribution in [3.05, 3.63) is 11.7 Å². The van der Waals surface area contributed by atoms with Gasteiger partial charge in [0.25, 0.3) is 0 Å². The predicted octanol–water partition coefficient (Wildman–Crippen LogP) is 2.55. The first-order chi connectivity index (χ1) is 8.86. The van der Waals surface area contributed by atoms with Gasteiger partial charge in [-0.15, -0.1) is 12.4 Å². The summed E-state index contributed by atoms with van der Waals surface area (Å²) in [5, 5.41) is 3.96. The van der Waals surface area contributed by atoms with Gasteiger partial charge in [0.05, 0.1) is 12.1 Å². The molecule has 6 heteroatoms. The van der Waals surface area contributed by atoms with Crippen LogP contribution in [-0.2, 0) is 12.1 Å². The van der Waals surface area contributed by atoms with E-state index in [0.717, 1.165) is 31.5 Å². The molecule has 116 valence electrons. The number of aromatic nitrogens is 2. The molecule has 0 saturated carbocycles. The summed E-state index contributed by atoms with van der Waals surface area (Å²) in [7, 11) is 0. The van der Waals surface area contributed by atoms with E-state index in [1.54, 1.807) is 0 Å². The van der Waals surface area contributed by atoms with Gasteiger partial charge >= 0.3 is 0 Å². The molecule has 1 saturated heterocycles. The Bertz CT molecular complexity index is 406. The average molecular weight is 303 g/mol. The third-order valence-corrected chi connectivity index (χ3v) is 3.98. The summed E-state index contributed by atoms with van der Waals surface area (Å²) in [5.41, 5.74) is 5.42. The van der Waals surface area contributed by atoms with Crippen LogP contribution in [0.4, 0.5) is 0 Å². The van der Waals surface area contributed by atoms with Crippen LogP contribution >= 0.6 is 12.4 Å². The van der Waals surface area contributed by atoms with Gasteiger partial charge in [-0.25, -0.2) is 0 Å². The van der Waals surface area contributed by atoms with Gasteiger partial charge in [-0.05, 0) is 51.6 Å². The molecule has 0 aliphatic carbocycles. The van der Waals surface area contributed by atoms with Crippen LogP contribution < -0.4 is 5.73 Å². The zero-order chi connectivity index (χ0) is 14.0. The highest BCUT2D eigenvalue weighted by molar-refractivity contribution is 5.85. The fourth-order valence-electron chi connectivity index (χ4n) is 2.55. The number of hydrogen-bond donors (Lipinski definition) is 1. The smallest absolute Gasteiger partial charge is 0.240 e. The van der Waals surface area contributed by atoms with E-state index in [-0.39, 0.29) is 12.4 Å². The minimum atomic E-state index is -0.535. The maximum absolute atomic E-state index is 5.96. The molecule has 2 rings (SSSR count). The number of likely N-dealkylation sites (tertiary alicyclic amines) is 1. The number of rotatable bonds is 4. The van der Waals surface area contributed by atoms with Gasteiger partial charge in [0.2, 0.25) is 5.89 Å². The second-order valence-corrected chi connectivity index (χ2v) is 6.59. The summed E-state index contributed by atoms with van der Waals surface area (Å²) in [6.45, 7) is 11.4. The highest BCUT2D eigenvalue weighted by atomic mass is 35.5. The van der Waals surface area contributed by atoms with Crippen molar-refractivity contribution >= 4 is 12.4 Å². The summed E-state index contributed by atoms with van der Waals surface area (Å²) < 4.78 is 5.29. The highest BCUT2D eigenvalue weighted by Crippen LogP contribution is 2.25. The topological polar surface area (TPSA) is 68.2 Å². The lowest BCUT2D eigenvalue weighted by Gasteiger charge is -2.32. The van der Waals surface area contributed by atoms with Crippen molar-refractivity contribution in [2.24, 2.45) is 17.6 Å². The molecule has 0 amide bonds. The largest absolute Gasteiger partial charge is 0.338 e. The van der Waals surface area contributed by atoms with Crippen LogP contribution in [0.3, 0.4) is 0 Å². The Kier molecular flexibility index (Phi) is 5.98. The molecule has 0 unspecified atom stereocenters. The zero-order valence-corrected chi connectivity index (χ0v) is 13.7. The Labute approximate surface area is 127 Å². The molecule has 1 fully saturated rings. The van der Waals surface area contributed by atoms with E-state index < -0.39 is 5.54 Å². The van der Waals surface area contributed by atoms with Crippen LogP contribution in [-0.4, -0.2) is 28.1 Å². The molecule has 0 spiro atoms. The Morgan fingerprint density at radius 3 is 2.40 bits per heavy atom. The number of piperidine rings is 1. The van der Waals surface area contributed by atoms with Crippen LogP contribution in [0.2, 0.25) is 0 Å². The van der Waals surface area contributed by atoms with Crippen molar-refractivity contribution in [3.8, 4) is 0 Å². The van der Waals surface area contributed by atoms with Gasteiger partial charge in [0.1, 0.15) is 0 Å². The Morgan fingerprint density at radius 1 is 1.35 bits per heavy atom. The van der Waals surface area contributed by atoms with Crippen molar-refractivity contribution in [2.75, 3.05) is 13.1 Å². The lowest BCUT2D eigenvalue weighted by Crippen LogP contribution is -2.35. The van der Waals surface area contributed by atoms with Crippen molar-refractivity contribution < 1.29 is 4.52 Å². The Morgan fingerprint density at radius 2 is 1.95 bits per heavy atom. The molecule has 5 nitrogen and oxygen atoms in total. The first-order valence-corrected chi connectivity index (χ1v) is 7.20. The van der Waals surface area contributed by atoms with Crippen LogP contribution in [0.1, 0.15) is 52.3 Å². The maximum Gasteiger partial charge on any atom is 0.240 e. The Hall–Kier alpha value is -0.650. The molecule has 1 aliphatic heterocycles. The van der Waals surface area contributed by atoms with Gasteiger partial charge in [-0.3, -0.25) is 4.90 Å². The maximum atomic E-state index is 5.96. The fraction of sp³-hybridized carbons (Fsp3) is 0.857. The number of halogens is 1. The van der Waals surface area contributed by atoms with Crippen LogP contribution in [0, 0.1) is 11.8 Å². The van der Waals surface area contributed by atoms with E-state index >= 15 is 0 Å². The first kappa shape index (κ1) is 17.4. The normalized spacial score (nSPS) is 18.3. The number of nitrogens with zero attached hydrogens (tertiary/aromatic N) is 3.